The number of nitrogens with one attached hydrogen (secondary N) is 3. The van der Waals surface area contributed by atoms with Crippen LogP contribution in [0.1, 0.15) is 53.2 Å². The molecule has 164 valence electrons. The Labute approximate surface area is 174 Å². The number of hydrogen-bond acceptors (Lipinski definition) is 5. The van der Waals surface area contributed by atoms with Gasteiger partial charge in [-0.3, -0.25) is 4.99 Å². The van der Waals surface area contributed by atoms with Crippen molar-refractivity contribution in [1.82, 2.24) is 16.0 Å². The summed E-state index contributed by atoms with van der Waals surface area (Å²) in [5, 5.41) is 19.5. The Hall–Kier alpha value is -2.48. The Balaban J connectivity index is 2.65. The highest BCUT2D eigenvalue weighted by atomic mass is 16.6. The second-order valence-corrected chi connectivity index (χ2v) is 8.38. The molecule has 0 aliphatic rings. The van der Waals surface area contributed by atoms with Crippen molar-refractivity contribution >= 4 is 12.1 Å². The van der Waals surface area contributed by atoms with Crippen molar-refractivity contribution in [3.8, 4) is 5.75 Å². The minimum Gasteiger partial charge on any atom is -0.497 e. The molecule has 1 rings (SSSR count). The minimum atomic E-state index is -0.697. The molecule has 1 aromatic rings. The molecule has 1 amide bonds. The van der Waals surface area contributed by atoms with Crippen molar-refractivity contribution in [2.75, 3.05) is 26.7 Å². The number of carbonyl (C=O) groups is 1. The maximum absolute atomic E-state index is 12.0. The highest BCUT2D eigenvalue weighted by Gasteiger charge is 2.24. The molecule has 8 heteroatoms. The summed E-state index contributed by atoms with van der Waals surface area (Å²) in [6.45, 7) is 12.5. The molecule has 0 saturated heterocycles. The zero-order chi connectivity index (χ0) is 22.1. The van der Waals surface area contributed by atoms with Gasteiger partial charge in [-0.2, -0.15) is 0 Å². The van der Waals surface area contributed by atoms with E-state index in [9.17, 15) is 9.90 Å². The van der Waals surface area contributed by atoms with Crippen LogP contribution in [0.25, 0.3) is 0 Å². The number of ether oxygens (including phenoxy) is 2. The highest BCUT2D eigenvalue weighted by molar-refractivity contribution is 5.80. The highest BCUT2D eigenvalue weighted by Crippen LogP contribution is 2.17. The molecule has 1 aromatic carbocycles. The smallest absolute Gasteiger partial charge is 0.408 e. The molecule has 0 aliphatic heterocycles. The first-order valence-corrected chi connectivity index (χ1v) is 9.81. The van der Waals surface area contributed by atoms with Gasteiger partial charge in [0, 0.05) is 13.1 Å². The summed E-state index contributed by atoms with van der Waals surface area (Å²) in [5.74, 6) is 1.29. The summed E-state index contributed by atoms with van der Waals surface area (Å²) < 4.78 is 10.4. The van der Waals surface area contributed by atoms with Gasteiger partial charge in [-0.25, -0.2) is 4.79 Å². The van der Waals surface area contributed by atoms with E-state index in [4.69, 9.17) is 9.47 Å². The van der Waals surface area contributed by atoms with E-state index in [0.717, 1.165) is 11.3 Å². The zero-order valence-electron chi connectivity index (χ0n) is 18.6. The first kappa shape index (κ1) is 24.6. The van der Waals surface area contributed by atoms with Crippen LogP contribution in [0.5, 0.6) is 5.75 Å². The van der Waals surface area contributed by atoms with E-state index in [2.05, 4.69) is 20.9 Å². The summed E-state index contributed by atoms with van der Waals surface area (Å²) in [7, 11) is 1.60. The molecule has 0 aromatic heterocycles. The molecule has 0 heterocycles. The van der Waals surface area contributed by atoms with Crippen LogP contribution < -0.4 is 20.7 Å². The summed E-state index contributed by atoms with van der Waals surface area (Å²) in [6, 6.07) is 7.26. The number of aliphatic hydroxyl groups is 1. The van der Waals surface area contributed by atoms with Gasteiger partial charge in [-0.05, 0) is 59.2 Å². The van der Waals surface area contributed by atoms with Gasteiger partial charge in [0.2, 0.25) is 0 Å². The van der Waals surface area contributed by atoms with E-state index in [0.29, 0.717) is 19.0 Å². The monoisotopic (exact) mass is 408 g/mol. The van der Waals surface area contributed by atoms with Crippen LogP contribution in [0, 0.1) is 0 Å². The zero-order valence-corrected chi connectivity index (χ0v) is 18.6. The first-order chi connectivity index (χ1) is 13.5. The molecule has 1 unspecified atom stereocenters. The average molecular weight is 409 g/mol. The lowest BCUT2D eigenvalue weighted by Gasteiger charge is -2.27. The summed E-state index contributed by atoms with van der Waals surface area (Å²) in [6.07, 6.45) is -1.18. The Morgan fingerprint density at radius 3 is 2.28 bits per heavy atom. The van der Waals surface area contributed by atoms with Crippen molar-refractivity contribution in [3.05, 3.63) is 29.8 Å². The predicted octanol–water partition coefficient (Wildman–Crippen LogP) is 2.59. The third-order valence-corrected chi connectivity index (χ3v) is 3.78. The van der Waals surface area contributed by atoms with E-state index in [1.165, 1.54) is 0 Å². The van der Waals surface area contributed by atoms with Gasteiger partial charge in [-0.1, -0.05) is 12.1 Å². The van der Waals surface area contributed by atoms with Gasteiger partial charge in [0.05, 0.1) is 25.3 Å². The van der Waals surface area contributed by atoms with Crippen LogP contribution in [0.2, 0.25) is 0 Å². The second-order valence-electron chi connectivity index (χ2n) is 8.38. The fourth-order valence-corrected chi connectivity index (χ4v) is 2.38. The molecule has 8 nitrogen and oxygen atoms in total. The van der Waals surface area contributed by atoms with Gasteiger partial charge in [0.1, 0.15) is 11.4 Å². The molecule has 1 atom stereocenters. The number of amides is 1. The number of aliphatic hydroxyl groups excluding tert-OH is 1. The molecule has 0 radical (unpaired) electrons. The Morgan fingerprint density at radius 1 is 1.14 bits per heavy atom. The van der Waals surface area contributed by atoms with Crippen LogP contribution in [0.3, 0.4) is 0 Å². The largest absolute Gasteiger partial charge is 0.497 e. The van der Waals surface area contributed by atoms with E-state index in [1.54, 1.807) is 7.11 Å². The fourth-order valence-electron chi connectivity index (χ4n) is 2.38. The lowest BCUT2D eigenvalue weighted by molar-refractivity contribution is 0.0476. The van der Waals surface area contributed by atoms with Crippen molar-refractivity contribution in [1.29, 1.82) is 0 Å². The van der Waals surface area contributed by atoms with Crippen molar-refractivity contribution < 1.29 is 19.4 Å². The van der Waals surface area contributed by atoms with Crippen LogP contribution in [0.4, 0.5) is 4.79 Å². The molecule has 0 spiro atoms. The normalized spacial score (nSPS) is 13.4. The standard InChI is InChI=1S/C21H36N4O4/c1-8-22-18(23-13-17(26)15-9-11-16(28-7)12-10-15)24-14-21(5,6)25-19(27)29-20(2,3)4/h9-12,17,26H,8,13-14H2,1-7H3,(H,25,27)(H2,22,23,24). The lowest BCUT2D eigenvalue weighted by atomic mass is 10.1. The van der Waals surface area contributed by atoms with Crippen LogP contribution >= 0.6 is 0 Å². The number of methoxy groups -OCH3 is 1. The Kier molecular flexibility index (Phi) is 9.23. The number of guanidine groups is 1. The van der Waals surface area contributed by atoms with Gasteiger partial charge >= 0.3 is 6.09 Å². The Bertz CT molecular complexity index is 666. The van der Waals surface area contributed by atoms with E-state index >= 15 is 0 Å². The van der Waals surface area contributed by atoms with E-state index in [1.807, 2.05) is 65.8 Å². The molecular formula is C21H36N4O4. The van der Waals surface area contributed by atoms with Crippen molar-refractivity contribution in [2.24, 2.45) is 4.99 Å². The van der Waals surface area contributed by atoms with E-state index in [-0.39, 0.29) is 6.54 Å². The van der Waals surface area contributed by atoms with Crippen LogP contribution in [-0.2, 0) is 4.74 Å². The molecule has 0 aliphatic carbocycles. The number of nitrogens with zero attached hydrogens (tertiary/aromatic N) is 1. The van der Waals surface area contributed by atoms with Gasteiger partial charge in [0.15, 0.2) is 5.96 Å². The minimum absolute atomic E-state index is 0.290. The number of alkyl carbamates (subject to hydrolysis) is 1. The topological polar surface area (TPSA) is 104 Å². The summed E-state index contributed by atoms with van der Waals surface area (Å²) in [4.78, 5) is 16.5. The predicted molar refractivity (Wildman–Crippen MR) is 115 cm³/mol. The quantitative estimate of drug-likeness (QED) is 0.389. The molecule has 4 N–H and O–H groups in total. The summed E-state index contributed by atoms with van der Waals surface area (Å²) >= 11 is 0. The lowest BCUT2D eigenvalue weighted by Crippen LogP contribution is -2.49. The number of hydrogen-bond donors (Lipinski definition) is 4. The third-order valence-electron chi connectivity index (χ3n) is 3.78. The molecule has 0 fully saturated rings. The number of rotatable bonds is 8. The number of benzene rings is 1. The maximum atomic E-state index is 12.0. The number of aliphatic imine (C=N–C) groups is 1. The molecular weight excluding hydrogens is 372 g/mol. The third kappa shape index (κ3) is 10.0. The Morgan fingerprint density at radius 2 is 1.76 bits per heavy atom. The van der Waals surface area contributed by atoms with Gasteiger partial charge < -0.3 is 30.5 Å². The van der Waals surface area contributed by atoms with Gasteiger partial charge in [0.25, 0.3) is 0 Å². The van der Waals surface area contributed by atoms with Crippen LogP contribution in [0.15, 0.2) is 29.3 Å². The summed E-state index contributed by atoms with van der Waals surface area (Å²) in [5.41, 5.74) is -0.377. The SMILES string of the molecule is CCNC(=NCC(C)(C)NC(=O)OC(C)(C)C)NCC(O)c1ccc(OC)cc1. The average Bonchev–Trinajstić information content (AvgIpc) is 2.61. The fraction of sp³-hybridized carbons (Fsp3) is 0.619. The second kappa shape index (κ2) is 10.9. The molecule has 29 heavy (non-hydrogen) atoms. The number of carbonyl (C=O) groups excluding carboxylic acids is 1. The van der Waals surface area contributed by atoms with Crippen LogP contribution in [-0.4, -0.2) is 55.0 Å². The molecule has 0 bridgehead atoms. The molecule has 0 saturated carbocycles. The van der Waals surface area contributed by atoms with Crippen molar-refractivity contribution in [2.45, 2.75) is 58.8 Å². The van der Waals surface area contributed by atoms with Crippen molar-refractivity contribution in [3.63, 3.8) is 0 Å². The van der Waals surface area contributed by atoms with E-state index < -0.39 is 23.3 Å². The maximum Gasteiger partial charge on any atom is 0.408 e. The van der Waals surface area contributed by atoms with Gasteiger partial charge in [-0.15, -0.1) is 0 Å². The first-order valence-electron chi connectivity index (χ1n) is 9.81.